The van der Waals surface area contributed by atoms with Crippen molar-refractivity contribution in [3.63, 3.8) is 0 Å². The van der Waals surface area contributed by atoms with Gasteiger partial charge in [0, 0.05) is 5.56 Å². The van der Waals surface area contributed by atoms with E-state index in [1.807, 2.05) is 31.2 Å². The van der Waals surface area contributed by atoms with Crippen LogP contribution in [0.5, 0.6) is 5.75 Å². The number of hydrogen-bond acceptors (Lipinski definition) is 4. The number of benzene rings is 1. The second kappa shape index (κ2) is 5.68. The lowest BCUT2D eigenvalue weighted by Crippen LogP contribution is -2.36. The van der Waals surface area contributed by atoms with Crippen molar-refractivity contribution in [3.8, 4) is 5.75 Å². The molecule has 0 saturated heterocycles. The van der Waals surface area contributed by atoms with Crippen molar-refractivity contribution < 1.29 is 14.3 Å². The van der Waals surface area contributed by atoms with E-state index in [1.54, 1.807) is 6.92 Å². The molecule has 0 saturated carbocycles. The maximum atomic E-state index is 11.3. The number of carbonyl (C=O) groups is 1. The van der Waals surface area contributed by atoms with Crippen molar-refractivity contribution in [1.82, 2.24) is 0 Å². The van der Waals surface area contributed by atoms with Gasteiger partial charge in [0.15, 0.2) is 0 Å². The van der Waals surface area contributed by atoms with E-state index in [2.05, 4.69) is 4.74 Å². The number of nitrogens with two attached hydrogens (primary N) is 1. The summed E-state index contributed by atoms with van der Waals surface area (Å²) in [6, 6.07) is 7.47. The van der Waals surface area contributed by atoms with E-state index < -0.39 is 5.54 Å². The number of rotatable bonds is 5. The van der Waals surface area contributed by atoms with Crippen LogP contribution in [0.15, 0.2) is 24.3 Å². The third kappa shape index (κ3) is 3.46. The van der Waals surface area contributed by atoms with Crippen LogP contribution in [0.3, 0.4) is 0 Å². The Morgan fingerprint density at radius 3 is 2.65 bits per heavy atom. The third-order valence-electron chi connectivity index (χ3n) is 2.54. The minimum atomic E-state index is -0.793. The largest absolute Gasteiger partial charge is 0.494 e. The SMILES string of the molecule is CCOc1ccccc1C(C)(N)CC(=O)OC. The average molecular weight is 237 g/mol. The summed E-state index contributed by atoms with van der Waals surface area (Å²) in [6.07, 6.45) is 0.119. The maximum absolute atomic E-state index is 11.3. The van der Waals surface area contributed by atoms with E-state index >= 15 is 0 Å². The summed E-state index contributed by atoms with van der Waals surface area (Å²) in [7, 11) is 1.35. The summed E-state index contributed by atoms with van der Waals surface area (Å²) < 4.78 is 10.2. The van der Waals surface area contributed by atoms with Crippen molar-refractivity contribution >= 4 is 5.97 Å². The molecule has 0 spiro atoms. The molecular weight excluding hydrogens is 218 g/mol. The first kappa shape index (κ1) is 13.5. The zero-order valence-corrected chi connectivity index (χ0v) is 10.5. The Labute approximate surface area is 102 Å². The molecule has 0 amide bonds. The highest BCUT2D eigenvalue weighted by Gasteiger charge is 2.28. The van der Waals surface area contributed by atoms with E-state index in [0.29, 0.717) is 12.4 Å². The van der Waals surface area contributed by atoms with Gasteiger partial charge in [-0.25, -0.2) is 0 Å². The molecule has 1 aromatic carbocycles. The van der Waals surface area contributed by atoms with Crippen molar-refractivity contribution in [2.45, 2.75) is 25.8 Å². The van der Waals surface area contributed by atoms with Gasteiger partial charge in [-0.1, -0.05) is 18.2 Å². The molecular formula is C13H19NO3. The molecule has 0 aliphatic rings. The summed E-state index contributed by atoms with van der Waals surface area (Å²) in [5.74, 6) is 0.380. The summed E-state index contributed by atoms with van der Waals surface area (Å²) in [6.45, 7) is 4.26. The standard InChI is InChI=1S/C13H19NO3/c1-4-17-11-8-6-5-7-10(11)13(2,14)9-12(15)16-3/h5-8H,4,9,14H2,1-3H3. The van der Waals surface area contributed by atoms with Gasteiger partial charge < -0.3 is 15.2 Å². The van der Waals surface area contributed by atoms with Crippen LogP contribution in [0, 0.1) is 0 Å². The summed E-state index contributed by atoms with van der Waals surface area (Å²) in [4.78, 5) is 11.3. The van der Waals surface area contributed by atoms with Crippen LogP contribution in [-0.4, -0.2) is 19.7 Å². The van der Waals surface area contributed by atoms with Crippen LogP contribution in [0.25, 0.3) is 0 Å². The predicted octanol–water partition coefficient (Wildman–Crippen LogP) is 1.82. The van der Waals surface area contributed by atoms with Gasteiger partial charge in [-0.2, -0.15) is 0 Å². The molecule has 1 aromatic rings. The lowest BCUT2D eigenvalue weighted by Gasteiger charge is -2.26. The Hall–Kier alpha value is -1.55. The van der Waals surface area contributed by atoms with Crippen molar-refractivity contribution in [2.24, 2.45) is 5.73 Å². The fraction of sp³-hybridized carbons (Fsp3) is 0.462. The fourth-order valence-corrected chi connectivity index (χ4v) is 1.69. The molecule has 0 radical (unpaired) electrons. The second-order valence-electron chi connectivity index (χ2n) is 4.10. The molecule has 0 aliphatic heterocycles. The Balaban J connectivity index is 3.00. The highest BCUT2D eigenvalue weighted by Crippen LogP contribution is 2.30. The smallest absolute Gasteiger partial charge is 0.307 e. The molecule has 17 heavy (non-hydrogen) atoms. The van der Waals surface area contributed by atoms with Gasteiger partial charge in [-0.05, 0) is 19.9 Å². The van der Waals surface area contributed by atoms with Gasteiger partial charge in [-0.15, -0.1) is 0 Å². The quantitative estimate of drug-likeness (QED) is 0.793. The lowest BCUT2D eigenvalue weighted by molar-refractivity contribution is -0.141. The van der Waals surface area contributed by atoms with Crippen LogP contribution in [-0.2, 0) is 15.1 Å². The first-order valence-corrected chi connectivity index (χ1v) is 5.59. The molecule has 0 heterocycles. The van der Waals surface area contributed by atoms with E-state index in [-0.39, 0.29) is 12.4 Å². The van der Waals surface area contributed by atoms with Crippen molar-refractivity contribution in [2.75, 3.05) is 13.7 Å². The second-order valence-corrected chi connectivity index (χ2v) is 4.10. The van der Waals surface area contributed by atoms with Crippen LogP contribution in [0.2, 0.25) is 0 Å². The first-order chi connectivity index (χ1) is 8.01. The van der Waals surface area contributed by atoms with E-state index in [1.165, 1.54) is 7.11 Å². The molecule has 1 rings (SSSR count). The monoisotopic (exact) mass is 237 g/mol. The van der Waals surface area contributed by atoms with E-state index in [0.717, 1.165) is 5.56 Å². The Morgan fingerprint density at radius 1 is 1.41 bits per heavy atom. The average Bonchev–Trinajstić information content (AvgIpc) is 2.29. The molecule has 1 unspecified atom stereocenters. The van der Waals surface area contributed by atoms with Gasteiger partial charge in [0.2, 0.25) is 0 Å². The van der Waals surface area contributed by atoms with Crippen LogP contribution < -0.4 is 10.5 Å². The maximum Gasteiger partial charge on any atom is 0.307 e. The Morgan fingerprint density at radius 2 is 2.06 bits per heavy atom. The molecule has 94 valence electrons. The van der Waals surface area contributed by atoms with Crippen molar-refractivity contribution in [3.05, 3.63) is 29.8 Å². The van der Waals surface area contributed by atoms with Crippen LogP contribution >= 0.6 is 0 Å². The fourth-order valence-electron chi connectivity index (χ4n) is 1.69. The third-order valence-corrected chi connectivity index (χ3v) is 2.54. The van der Waals surface area contributed by atoms with Crippen LogP contribution in [0.1, 0.15) is 25.8 Å². The van der Waals surface area contributed by atoms with Gasteiger partial charge in [0.1, 0.15) is 5.75 Å². The van der Waals surface area contributed by atoms with Gasteiger partial charge in [-0.3, -0.25) is 4.79 Å². The number of esters is 1. The number of methoxy groups -OCH3 is 1. The Kier molecular flexibility index (Phi) is 4.52. The van der Waals surface area contributed by atoms with Gasteiger partial charge in [0.25, 0.3) is 0 Å². The number of hydrogen-bond donors (Lipinski definition) is 1. The number of carbonyl (C=O) groups excluding carboxylic acids is 1. The topological polar surface area (TPSA) is 61.5 Å². The Bertz CT molecular complexity index is 388. The van der Waals surface area contributed by atoms with E-state index in [9.17, 15) is 4.79 Å². The van der Waals surface area contributed by atoms with Gasteiger partial charge in [0.05, 0.1) is 25.7 Å². The molecule has 0 fully saturated rings. The molecule has 4 nitrogen and oxygen atoms in total. The minimum Gasteiger partial charge on any atom is -0.494 e. The molecule has 0 aromatic heterocycles. The lowest BCUT2D eigenvalue weighted by atomic mass is 9.89. The summed E-state index contributed by atoms with van der Waals surface area (Å²) in [5, 5.41) is 0. The zero-order valence-electron chi connectivity index (χ0n) is 10.5. The van der Waals surface area contributed by atoms with Gasteiger partial charge >= 0.3 is 5.97 Å². The highest BCUT2D eigenvalue weighted by molar-refractivity contribution is 5.71. The highest BCUT2D eigenvalue weighted by atomic mass is 16.5. The minimum absolute atomic E-state index is 0.119. The normalized spacial score (nSPS) is 13.9. The zero-order chi connectivity index (χ0) is 12.9. The van der Waals surface area contributed by atoms with E-state index in [4.69, 9.17) is 10.5 Å². The number of para-hydroxylation sites is 1. The number of ether oxygens (including phenoxy) is 2. The molecule has 1 atom stereocenters. The molecule has 0 aliphatic carbocycles. The molecule has 4 heteroatoms. The summed E-state index contributed by atoms with van der Waals surface area (Å²) >= 11 is 0. The van der Waals surface area contributed by atoms with Crippen molar-refractivity contribution in [1.29, 1.82) is 0 Å². The predicted molar refractivity (Wildman–Crippen MR) is 65.8 cm³/mol. The molecule has 0 bridgehead atoms. The van der Waals surface area contributed by atoms with Crippen LogP contribution in [0.4, 0.5) is 0 Å². The first-order valence-electron chi connectivity index (χ1n) is 5.59. The molecule has 2 N–H and O–H groups in total. The summed E-state index contributed by atoms with van der Waals surface area (Å²) in [5.41, 5.74) is 6.18.